The highest BCUT2D eigenvalue weighted by Crippen LogP contribution is 2.16. The molecule has 4 heteroatoms. The number of aryl methyl sites for hydroxylation is 1. The molecular weight excluding hydrogens is 338 g/mol. The zero-order valence-corrected chi connectivity index (χ0v) is 15.2. The molecule has 0 spiro atoms. The van der Waals surface area contributed by atoms with Gasteiger partial charge in [-0.15, -0.1) is 0 Å². The number of rotatable bonds is 7. The van der Waals surface area contributed by atoms with E-state index < -0.39 is 5.97 Å². The zero-order valence-electron chi connectivity index (χ0n) is 15.2. The smallest absolute Gasteiger partial charge is 0.349 e. The molecule has 0 saturated heterocycles. The van der Waals surface area contributed by atoms with Crippen molar-refractivity contribution in [2.24, 2.45) is 0 Å². The number of hydrogen-bond acceptors (Lipinski definition) is 4. The average Bonchev–Trinajstić information content (AvgIpc) is 2.73. The van der Waals surface area contributed by atoms with E-state index in [1.54, 1.807) is 24.5 Å². The Hall–Kier alpha value is -3.40. The van der Waals surface area contributed by atoms with Crippen LogP contribution in [0.4, 0.5) is 0 Å². The first-order valence-electron chi connectivity index (χ1n) is 8.83. The molecule has 2 aromatic carbocycles. The van der Waals surface area contributed by atoms with Gasteiger partial charge < -0.3 is 9.47 Å². The van der Waals surface area contributed by atoms with E-state index in [1.165, 1.54) is 5.56 Å². The number of aromatic nitrogens is 1. The molecule has 0 saturated carbocycles. The lowest BCUT2D eigenvalue weighted by molar-refractivity contribution is -0.136. The molecule has 0 amide bonds. The van der Waals surface area contributed by atoms with E-state index in [2.05, 4.69) is 11.9 Å². The van der Waals surface area contributed by atoms with Gasteiger partial charge in [-0.1, -0.05) is 43.3 Å². The van der Waals surface area contributed by atoms with E-state index in [9.17, 15) is 4.79 Å². The number of pyridine rings is 1. The summed E-state index contributed by atoms with van der Waals surface area (Å²) in [5.41, 5.74) is 3.31. The monoisotopic (exact) mass is 359 g/mol. The fourth-order valence-corrected chi connectivity index (χ4v) is 2.44. The Balaban J connectivity index is 1.49. The molecule has 1 aromatic heterocycles. The van der Waals surface area contributed by atoms with Crippen molar-refractivity contribution in [2.75, 3.05) is 6.61 Å². The average molecular weight is 359 g/mol. The Labute approximate surface area is 159 Å². The van der Waals surface area contributed by atoms with Gasteiger partial charge in [0.05, 0.1) is 0 Å². The molecule has 0 aliphatic heterocycles. The molecule has 0 aliphatic rings. The minimum absolute atomic E-state index is 0.130. The van der Waals surface area contributed by atoms with Gasteiger partial charge in [0.2, 0.25) is 0 Å². The summed E-state index contributed by atoms with van der Waals surface area (Å²) in [6.07, 6.45) is 8.46. The number of nitrogens with zero attached hydrogens (tertiary/aromatic N) is 1. The molecule has 0 unspecified atom stereocenters. The van der Waals surface area contributed by atoms with Crippen LogP contribution in [0.25, 0.3) is 12.2 Å². The number of carbonyl (C=O) groups excluding carboxylic acids is 1. The first-order valence-corrected chi connectivity index (χ1v) is 8.83. The van der Waals surface area contributed by atoms with Crippen molar-refractivity contribution in [1.29, 1.82) is 0 Å². The van der Waals surface area contributed by atoms with Crippen molar-refractivity contribution in [3.63, 3.8) is 0 Å². The molecular formula is C23H21NO3. The molecule has 27 heavy (non-hydrogen) atoms. The van der Waals surface area contributed by atoms with Gasteiger partial charge in [-0.25, -0.2) is 4.79 Å². The van der Waals surface area contributed by atoms with Gasteiger partial charge in [0.1, 0.15) is 11.5 Å². The number of esters is 1. The summed E-state index contributed by atoms with van der Waals surface area (Å²) < 4.78 is 10.8. The third-order valence-electron chi connectivity index (χ3n) is 3.97. The number of carbonyl (C=O) groups is 1. The normalized spacial score (nSPS) is 10.7. The lowest BCUT2D eigenvalue weighted by Crippen LogP contribution is -2.17. The molecule has 0 N–H and O–H groups in total. The van der Waals surface area contributed by atoms with Crippen LogP contribution >= 0.6 is 0 Å². The van der Waals surface area contributed by atoms with Crippen LogP contribution in [0.1, 0.15) is 23.6 Å². The highest BCUT2D eigenvalue weighted by molar-refractivity contribution is 5.74. The van der Waals surface area contributed by atoms with Crippen molar-refractivity contribution >= 4 is 18.1 Å². The van der Waals surface area contributed by atoms with E-state index in [1.807, 2.05) is 60.7 Å². The standard InChI is InChI=1S/C23H21NO3/c1-2-18-5-9-21(10-6-18)26-17-23(25)27-22-11-7-19(8-12-22)3-4-20-13-15-24-16-14-20/h3-16H,2,17H2,1H3/b4-3+. The summed E-state index contributed by atoms with van der Waals surface area (Å²) in [4.78, 5) is 15.9. The van der Waals surface area contributed by atoms with Crippen LogP contribution < -0.4 is 9.47 Å². The summed E-state index contributed by atoms with van der Waals surface area (Å²) in [6, 6.07) is 18.9. The lowest BCUT2D eigenvalue weighted by atomic mass is 10.1. The van der Waals surface area contributed by atoms with Gasteiger partial charge in [-0.3, -0.25) is 4.98 Å². The van der Waals surface area contributed by atoms with Gasteiger partial charge in [0.15, 0.2) is 6.61 Å². The maximum absolute atomic E-state index is 11.9. The fraction of sp³-hybridized carbons (Fsp3) is 0.130. The summed E-state index contributed by atoms with van der Waals surface area (Å²) >= 11 is 0. The second-order valence-electron chi connectivity index (χ2n) is 5.94. The van der Waals surface area contributed by atoms with E-state index >= 15 is 0 Å². The Morgan fingerprint density at radius 3 is 2.07 bits per heavy atom. The molecule has 0 atom stereocenters. The van der Waals surface area contributed by atoms with Crippen molar-refractivity contribution in [1.82, 2.24) is 4.98 Å². The van der Waals surface area contributed by atoms with Crippen LogP contribution in [0.5, 0.6) is 11.5 Å². The van der Waals surface area contributed by atoms with Crippen molar-refractivity contribution in [3.8, 4) is 11.5 Å². The van der Waals surface area contributed by atoms with Gasteiger partial charge in [0.25, 0.3) is 0 Å². The van der Waals surface area contributed by atoms with Crippen molar-refractivity contribution in [2.45, 2.75) is 13.3 Å². The van der Waals surface area contributed by atoms with Crippen LogP contribution in [0.15, 0.2) is 73.1 Å². The second-order valence-corrected chi connectivity index (χ2v) is 5.94. The number of hydrogen-bond donors (Lipinski definition) is 0. The predicted molar refractivity (Wildman–Crippen MR) is 107 cm³/mol. The van der Waals surface area contributed by atoms with Crippen molar-refractivity contribution < 1.29 is 14.3 Å². The SMILES string of the molecule is CCc1ccc(OCC(=O)Oc2ccc(/C=C/c3ccncc3)cc2)cc1. The van der Waals surface area contributed by atoms with Crippen LogP contribution in [0.3, 0.4) is 0 Å². The quantitative estimate of drug-likeness (QED) is 0.449. The highest BCUT2D eigenvalue weighted by Gasteiger charge is 2.06. The molecule has 1 heterocycles. The van der Waals surface area contributed by atoms with Crippen LogP contribution in [0.2, 0.25) is 0 Å². The summed E-state index contributed by atoms with van der Waals surface area (Å²) in [5, 5.41) is 0. The Bertz CT molecular complexity index is 885. The van der Waals surface area contributed by atoms with Crippen molar-refractivity contribution in [3.05, 3.63) is 89.7 Å². The highest BCUT2D eigenvalue weighted by atomic mass is 16.6. The lowest BCUT2D eigenvalue weighted by Gasteiger charge is -2.07. The maximum Gasteiger partial charge on any atom is 0.349 e. The van der Waals surface area contributed by atoms with Crippen LogP contribution in [-0.4, -0.2) is 17.6 Å². The molecule has 0 radical (unpaired) electrons. The predicted octanol–water partition coefficient (Wildman–Crippen LogP) is 4.80. The summed E-state index contributed by atoms with van der Waals surface area (Å²) in [6.45, 7) is 1.96. The summed E-state index contributed by atoms with van der Waals surface area (Å²) in [5.74, 6) is 0.710. The third kappa shape index (κ3) is 5.82. The Morgan fingerprint density at radius 1 is 0.852 bits per heavy atom. The van der Waals surface area contributed by atoms with E-state index in [4.69, 9.17) is 9.47 Å². The molecule has 136 valence electrons. The minimum atomic E-state index is -0.436. The molecule has 0 fully saturated rings. The van der Waals surface area contributed by atoms with Gasteiger partial charge in [-0.2, -0.15) is 0 Å². The molecule has 0 aliphatic carbocycles. The Kier molecular flexibility index (Phi) is 6.36. The van der Waals surface area contributed by atoms with Gasteiger partial charge in [0, 0.05) is 12.4 Å². The number of ether oxygens (including phenoxy) is 2. The van der Waals surface area contributed by atoms with Crippen LogP contribution in [0, 0.1) is 0 Å². The Morgan fingerprint density at radius 2 is 1.44 bits per heavy atom. The van der Waals surface area contributed by atoms with E-state index in [0.29, 0.717) is 11.5 Å². The first kappa shape index (κ1) is 18.4. The first-order chi connectivity index (χ1) is 13.2. The minimum Gasteiger partial charge on any atom is -0.482 e. The van der Waals surface area contributed by atoms with E-state index in [0.717, 1.165) is 17.5 Å². The van der Waals surface area contributed by atoms with Crippen LogP contribution in [-0.2, 0) is 11.2 Å². The molecule has 4 nitrogen and oxygen atoms in total. The van der Waals surface area contributed by atoms with E-state index in [-0.39, 0.29) is 6.61 Å². The molecule has 0 bridgehead atoms. The largest absolute Gasteiger partial charge is 0.482 e. The molecule has 3 rings (SSSR count). The topological polar surface area (TPSA) is 48.4 Å². The van der Waals surface area contributed by atoms with Gasteiger partial charge >= 0.3 is 5.97 Å². The fourth-order valence-electron chi connectivity index (χ4n) is 2.44. The maximum atomic E-state index is 11.9. The second kappa shape index (κ2) is 9.34. The third-order valence-corrected chi connectivity index (χ3v) is 3.97. The number of benzene rings is 2. The zero-order chi connectivity index (χ0) is 18.9. The summed E-state index contributed by atoms with van der Waals surface area (Å²) in [7, 11) is 0. The molecule has 3 aromatic rings. The van der Waals surface area contributed by atoms with Gasteiger partial charge in [-0.05, 0) is 59.5 Å².